The molecule has 0 spiro atoms. The minimum atomic E-state index is -0.0443. The van der Waals surface area contributed by atoms with Gasteiger partial charge in [0.25, 0.3) is 0 Å². The van der Waals surface area contributed by atoms with E-state index >= 15 is 0 Å². The van der Waals surface area contributed by atoms with E-state index in [0.717, 1.165) is 38.2 Å². The van der Waals surface area contributed by atoms with Crippen LogP contribution in [0.2, 0.25) is 0 Å². The molecule has 3 fully saturated rings. The van der Waals surface area contributed by atoms with Gasteiger partial charge in [-0.05, 0) is 50.9 Å². The first-order valence-corrected chi connectivity index (χ1v) is 6.88. The Morgan fingerprint density at radius 2 is 1.69 bits per heavy atom. The first-order chi connectivity index (χ1) is 7.83. The van der Waals surface area contributed by atoms with Gasteiger partial charge < -0.3 is 15.2 Å². The number of hydrogen-bond donors (Lipinski definition) is 2. The van der Waals surface area contributed by atoms with E-state index < -0.39 is 0 Å². The van der Waals surface area contributed by atoms with Crippen LogP contribution in [0.5, 0.6) is 0 Å². The number of ether oxygens (including phenoxy) is 1. The van der Waals surface area contributed by atoms with Crippen LogP contribution in [0.4, 0.5) is 0 Å². The van der Waals surface area contributed by atoms with Crippen LogP contribution >= 0.6 is 0 Å². The molecule has 1 aliphatic heterocycles. The third-order valence-electron chi connectivity index (χ3n) is 4.37. The van der Waals surface area contributed by atoms with E-state index in [4.69, 9.17) is 4.74 Å². The molecule has 2 aliphatic carbocycles. The Morgan fingerprint density at radius 3 is 2.38 bits per heavy atom. The summed E-state index contributed by atoms with van der Waals surface area (Å²) < 4.78 is 5.84. The molecule has 1 heterocycles. The Hall–Kier alpha value is -0.120. The first kappa shape index (κ1) is 11.0. The van der Waals surface area contributed by atoms with Crippen molar-refractivity contribution in [3.63, 3.8) is 0 Å². The van der Waals surface area contributed by atoms with Gasteiger partial charge in [0.05, 0.1) is 12.2 Å². The molecule has 3 aliphatic rings. The molecule has 0 amide bonds. The molecule has 0 bridgehead atoms. The molecular formula is C13H23NO2. The molecule has 2 atom stereocenters. The fourth-order valence-corrected chi connectivity index (χ4v) is 3.22. The summed E-state index contributed by atoms with van der Waals surface area (Å²) in [4.78, 5) is 0. The van der Waals surface area contributed by atoms with E-state index in [2.05, 4.69) is 5.32 Å². The van der Waals surface area contributed by atoms with E-state index in [9.17, 15) is 5.11 Å². The summed E-state index contributed by atoms with van der Waals surface area (Å²) in [5.74, 6) is 0.842. The lowest BCUT2D eigenvalue weighted by Gasteiger charge is -2.30. The molecule has 3 rings (SSSR count). The zero-order valence-corrected chi connectivity index (χ0v) is 9.90. The molecule has 3 nitrogen and oxygen atoms in total. The molecule has 3 heteroatoms. The summed E-state index contributed by atoms with van der Waals surface area (Å²) in [7, 11) is 0. The molecule has 2 N–H and O–H groups in total. The second-order valence-corrected chi connectivity index (χ2v) is 5.74. The summed E-state index contributed by atoms with van der Waals surface area (Å²) in [6.07, 6.45) is 8.57. The van der Waals surface area contributed by atoms with Crippen molar-refractivity contribution in [1.29, 1.82) is 0 Å². The SMILES string of the molecule is OC1CCC(NC2CCOC2C2CC2)CC1. The maximum absolute atomic E-state index is 9.49. The lowest BCUT2D eigenvalue weighted by molar-refractivity contribution is 0.0720. The van der Waals surface area contributed by atoms with Crippen molar-refractivity contribution in [1.82, 2.24) is 5.32 Å². The number of rotatable bonds is 3. The van der Waals surface area contributed by atoms with E-state index in [-0.39, 0.29) is 6.10 Å². The highest BCUT2D eigenvalue weighted by Crippen LogP contribution is 2.39. The Morgan fingerprint density at radius 1 is 0.938 bits per heavy atom. The molecule has 16 heavy (non-hydrogen) atoms. The van der Waals surface area contributed by atoms with Crippen molar-refractivity contribution in [2.45, 2.75) is 69.2 Å². The average Bonchev–Trinajstić information content (AvgIpc) is 3.03. The zero-order valence-electron chi connectivity index (χ0n) is 9.90. The molecule has 2 saturated carbocycles. The molecule has 1 saturated heterocycles. The predicted molar refractivity (Wildman–Crippen MR) is 62.3 cm³/mol. The number of hydrogen-bond acceptors (Lipinski definition) is 3. The third-order valence-corrected chi connectivity index (χ3v) is 4.37. The summed E-state index contributed by atoms with van der Waals surface area (Å²) in [6, 6.07) is 1.21. The van der Waals surface area contributed by atoms with Gasteiger partial charge >= 0.3 is 0 Å². The highest BCUT2D eigenvalue weighted by molar-refractivity contribution is 4.95. The maximum Gasteiger partial charge on any atom is 0.0757 e. The van der Waals surface area contributed by atoms with Crippen LogP contribution in [0, 0.1) is 5.92 Å². The smallest absolute Gasteiger partial charge is 0.0757 e. The van der Waals surface area contributed by atoms with Crippen molar-refractivity contribution < 1.29 is 9.84 Å². The van der Waals surface area contributed by atoms with Gasteiger partial charge in [-0.2, -0.15) is 0 Å². The minimum Gasteiger partial charge on any atom is -0.393 e. The average molecular weight is 225 g/mol. The topological polar surface area (TPSA) is 41.5 Å². The summed E-state index contributed by atoms with van der Waals surface area (Å²) in [5, 5.41) is 13.3. The zero-order chi connectivity index (χ0) is 11.0. The summed E-state index contributed by atoms with van der Waals surface area (Å²) in [5.41, 5.74) is 0. The monoisotopic (exact) mass is 225 g/mol. The van der Waals surface area contributed by atoms with Crippen LogP contribution in [0.15, 0.2) is 0 Å². The van der Waals surface area contributed by atoms with Gasteiger partial charge in [0.1, 0.15) is 0 Å². The van der Waals surface area contributed by atoms with Crippen molar-refractivity contribution in [2.24, 2.45) is 5.92 Å². The van der Waals surface area contributed by atoms with Gasteiger partial charge in [-0.3, -0.25) is 0 Å². The highest BCUT2D eigenvalue weighted by atomic mass is 16.5. The van der Waals surface area contributed by atoms with Gasteiger partial charge in [-0.15, -0.1) is 0 Å². The second-order valence-electron chi connectivity index (χ2n) is 5.74. The van der Waals surface area contributed by atoms with Gasteiger partial charge in [0.2, 0.25) is 0 Å². The Kier molecular flexibility index (Phi) is 3.18. The fraction of sp³-hybridized carbons (Fsp3) is 1.00. The fourth-order valence-electron chi connectivity index (χ4n) is 3.22. The van der Waals surface area contributed by atoms with Crippen LogP contribution in [0.1, 0.15) is 44.9 Å². The normalized spacial score (nSPS) is 44.8. The Balaban J connectivity index is 1.49. The van der Waals surface area contributed by atoms with Gasteiger partial charge in [-0.1, -0.05) is 0 Å². The second kappa shape index (κ2) is 4.63. The summed E-state index contributed by atoms with van der Waals surface area (Å²) in [6.45, 7) is 0.939. The molecule has 0 aromatic carbocycles. The number of aliphatic hydroxyl groups excluding tert-OH is 1. The molecule has 0 aromatic rings. The molecular weight excluding hydrogens is 202 g/mol. The minimum absolute atomic E-state index is 0.0443. The standard InChI is InChI=1S/C13H23NO2/c15-11-5-3-10(4-6-11)14-12-7-8-16-13(12)9-1-2-9/h9-15H,1-8H2. The van der Waals surface area contributed by atoms with Crippen LogP contribution in [0.3, 0.4) is 0 Å². The highest BCUT2D eigenvalue weighted by Gasteiger charge is 2.41. The predicted octanol–water partition coefficient (Wildman–Crippen LogP) is 1.45. The van der Waals surface area contributed by atoms with E-state index in [1.807, 2.05) is 0 Å². The van der Waals surface area contributed by atoms with Crippen molar-refractivity contribution in [3.05, 3.63) is 0 Å². The lowest BCUT2D eigenvalue weighted by Crippen LogP contribution is -2.45. The largest absolute Gasteiger partial charge is 0.393 e. The first-order valence-electron chi connectivity index (χ1n) is 6.88. The number of aliphatic hydroxyl groups is 1. The van der Waals surface area contributed by atoms with Gasteiger partial charge in [0.15, 0.2) is 0 Å². The Labute approximate surface area is 97.6 Å². The molecule has 0 aromatic heterocycles. The maximum atomic E-state index is 9.49. The van der Waals surface area contributed by atoms with E-state index in [0.29, 0.717) is 18.2 Å². The molecule has 2 unspecified atom stereocenters. The van der Waals surface area contributed by atoms with E-state index in [1.165, 1.54) is 19.3 Å². The molecule has 92 valence electrons. The van der Waals surface area contributed by atoms with Crippen LogP contribution in [-0.4, -0.2) is 36.0 Å². The Bertz CT molecular complexity index is 234. The van der Waals surface area contributed by atoms with Gasteiger partial charge in [-0.25, -0.2) is 0 Å². The van der Waals surface area contributed by atoms with Crippen LogP contribution < -0.4 is 5.32 Å². The van der Waals surface area contributed by atoms with Crippen molar-refractivity contribution in [3.8, 4) is 0 Å². The van der Waals surface area contributed by atoms with Crippen LogP contribution in [-0.2, 0) is 4.74 Å². The van der Waals surface area contributed by atoms with Crippen LogP contribution in [0.25, 0.3) is 0 Å². The third kappa shape index (κ3) is 2.41. The van der Waals surface area contributed by atoms with Gasteiger partial charge in [0, 0.05) is 18.7 Å². The number of nitrogens with one attached hydrogen (secondary N) is 1. The summed E-state index contributed by atoms with van der Waals surface area (Å²) >= 11 is 0. The van der Waals surface area contributed by atoms with E-state index in [1.54, 1.807) is 0 Å². The molecule has 0 radical (unpaired) electrons. The van der Waals surface area contributed by atoms with Crippen molar-refractivity contribution in [2.75, 3.05) is 6.61 Å². The quantitative estimate of drug-likeness (QED) is 0.764. The lowest BCUT2D eigenvalue weighted by atomic mass is 9.92. The van der Waals surface area contributed by atoms with Crippen molar-refractivity contribution >= 4 is 0 Å².